The first-order valence-corrected chi connectivity index (χ1v) is 6.97. The maximum Gasteiger partial charge on any atom is 0.341 e. The molecule has 0 aliphatic heterocycles. The number of aromatic nitrogens is 1. The second kappa shape index (κ2) is 4.94. The number of aromatic carboxylic acids is 1. The second-order valence-corrected chi connectivity index (χ2v) is 5.23. The van der Waals surface area contributed by atoms with Crippen LogP contribution in [0.1, 0.15) is 15.9 Å². The number of fused-ring (bicyclic) bond motifs is 1. The first kappa shape index (κ1) is 12.6. The van der Waals surface area contributed by atoms with Crippen LogP contribution in [-0.4, -0.2) is 15.6 Å². The Morgan fingerprint density at radius 1 is 1.25 bits per heavy atom. The average molecular weight is 285 g/mol. The van der Waals surface area contributed by atoms with Crippen molar-refractivity contribution < 1.29 is 9.90 Å². The van der Waals surface area contributed by atoms with Gasteiger partial charge in [-0.15, -0.1) is 0 Å². The lowest BCUT2D eigenvalue weighted by Crippen LogP contribution is -2.19. The number of carbonyl (C=O) groups is 1. The van der Waals surface area contributed by atoms with Crippen LogP contribution in [-0.2, 0) is 6.54 Å². The highest BCUT2D eigenvalue weighted by molar-refractivity contribution is 7.07. The molecule has 100 valence electrons. The summed E-state index contributed by atoms with van der Waals surface area (Å²) < 4.78 is 1.81. The number of pyridine rings is 1. The van der Waals surface area contributed by atoms with Crippen molar-refractivity contribution in [2.45, 2.75) is 6.54 Å². The molecule has 0 radical (unpaired) electrons. The van der Waals surface area contributed by atoms with Crippen molar-refractivity contribution in [3.63, 3.8) is 0 Å². The zero-order valence-electron chi connectivity index (χ0n) is 10.4. The van der Waals surface area contributed by atoms with Crippen LogP contribution in [0.5, 0.6) is 0 Å². The van der Waals surface area contributed by atoms with Gasteiger partial charge < -0.3 is 9.67 Å². The first-order chi connectivity index (χ1) is 9.66. The molecule has 1 aromatic carbocycles. The highest BCUT2D eigenvalue weighted by Gasteiger charge is 2.14. The lowest BCUT2D eigenvalue weighted by atomic mass is 10.1. The summed E-state index contributed by atoms with van der Waals surface area (Å²) in [6.45, 7) is 0.546. The van der Waals surface area contributed by atoms with Crippen LogP contribution in [0.15, 0.2) is 52.1 Å². The SMILES string of the molecule is O=C(O)c1cn(Cc2ccsc2)c2ccccc2c1=O. The van der Waals surface area contributed by atoms with E-state index < -0.39 is 11.4 Å². The van der Waals surface area contributed by atoms with Crippen LogP contribution < -0.4 is 5.43 Å². The summed E-state index contributed by atoms with van der Waals surface area (Å²) in [7, 11) is 0. The van der Waals surface area contributed by atoms with Gasteiger partial charge in [0.1, 0.15) is 5.56 Å². The van der Waals surface area contributed by atoms with Crippen LogP contribution in [0.3, 0.4) is 0 Å². The van der Waals surface area contributed by atoms with Gasteiger partial charge in [0.25, 0.3) is 0 Å². The van der Waals surface area contributed by atoms with E-state index in [0.717, 1.165) is 11.1 Å². The van der Waals surface area contributed by atoms with Crippen molar-refractivity contribution in [3.05, 3.63) is 68.6 Å². The number of hydrogen-bond donors (Lipinski definition) is 1. The van der Waals surface area contributed by atoms with Crippen LogP contribution in [0.25, 0.3) is 10.9 Å². The molecule has 3 rings (SSSR count). The molecule has 0 amide bonds. The van der Waals surface area contributed by atoms with Crippen LogP contribution >= 0.6 is 11.3 Å². The Kier molecular flexibility index (Phi) is 3.12. The van der Waals surface area contributed by atoms with Gasteiger partial charge in [-0.05, 0) is 34.5 Å². The molecule has 0 saturated carbocycles. The summed E-state index contributed by atoms with van der Waals surface area (Å²) in [4.78, 5) is 23.3. The van der Waals surface area contributed by atoms with E-state index in [9.17, 15) is 9.59 Å². The number of carboxylic acid groups (broad SMARTS) is 1. The Balaban J connectivity index is 2.27. The quantitative estimate of drug-likeness (QED) is 0.805. The van der Waals surface area contributed by atoms with E-state index in [4.69, 9.17) is 5.11 Å². The van der Waals surface area contributed by atoms with Gasteiger partial charge in [0.2, 0.25) is 5.43 Å². The molecule has 2 heterocycles. The third-order valence-corrected chi connectivity index (χ3v) is 3.88. The van der Waals surface area contributed by atoms with Gasteiger partial charge in [-0.1, -0.05) is 12.1 Å². The average Bonchev–Trinajstić information content (AvgIpc) is 2.94. The van der Waals surface area contributed by atoms with Crippen molar-refractivity contribution in [3.8, 4) is 0 Å². The fraction of sp³-hybridized carbons (Fsp3) is 0.0667. The van der Waals surface area contributed by atoms with Gasteiger partial charge in [0.05, 0.1) is 5.52 Å². The van der Waals surface area contributed by atoms with Gasteiger partial charge in [0.15, 0.2) is 0 Å². The monoisotopic (exact) mass is 285 g/mol. The third-order valence-electron chi connectivity index (χ3n) is 3.15. The maximum absolute atomic E-state index is 12.1. The van der Waals surface area contributed by atoms with Gasteiger partial charge in [-0.25, -0.2) is 4.79 Å². The lowest BCUT2D eigenvalue weighted by Gasteiger charge is -2.11. The van der Waals surface area contributed by atoms with Crippen LogP contribution in [0.4, 0.5) is 0 Å². The van der Waals surface area contributed by atoms with Crippen molar-refractivity contribution in [2.75, 3.05) is 0 Å². The molecule has 0 saturated heterocycles. The Morgan fingerprint density at radius 3 is 2.75 bits per heavy atom. The molecule has 20 heavy (non-hydrogen) atoms. The summed E-state index contributed by atoms with van der Waals surface area (Å²) in [6, 6.07) is 9.05. The molecule has 1 N–H and O–H groups in total. The van der Waals surface area contributed by atoms with E-state index in [1.807, 2.05) is 33.5 Å². The predicted octanol–water partition coefficient (Wildman–Crippen LogP) is 2.81. The van der Waals surface area contributed by atoms with E-state index in [-0.39, 0.29) is 5.56 Å². The van der Waals surface area contributed by atoms with E-state index in [2.05, 4.69) is 0 Å². The Labute approximate surface area is 118 Å². The Morgan fingerprint density at radius 2 is 2.05 bits per heavy atom. The van der Waals surface area contributed by atoms with Crippen LogP contribution in [0.2, 0.25) is 0 Å². The van der Waals surface area contributed by atoms with E-state index in [1.165, 1.54) is 6.20 Å². The number of carboxylic acids is 1. The molecule has 3 aromatic rings. The van der Waals surface area contributed by atoms with Gasteiger partial charge in [0, 0.05) is 18.1 Å². The largest absolute Gasteiger partial charge is 0.477 e. The number of hydrogen-bond acceptors (Lipinski definition) is 3. The highest BCUT2D eigenvalue weighted by Crippen LogP contribution is 2.15. The lowest BCUT2D eigenvalue weighted by molar-refractivity contribution is 0.0695. The summed E-state index contributed by atoms with van der Waals surface area (Å²) in [5, 5.41) is 13.6. The topological polar surface area (TPSA) is 59.3 Å². The zero-order chi connectivity index (χ0) is 14.1. The molecule has 4 nitrogen and oxygen atoms in total. The molecule has 2 aromatic heterocycles. The predicted molar refractivity (Wildman–Crippen MR) is 78.6 cm³/mol. The van der Waals surface area contributed by atoms with Crippen molar-refractivity contribution in [1.82, 2.24) is 4.57 Å². The third kappa shape index (κ3) is 2.12. The van der Waals surface area contributed by atoms with Crippen molar-refractivity contribution >= 4 is 28.2 Å². The molecule has 0 aliphatic rings. The normalized spacial score (nSPS) is 10.8. The molecule has 0 fully saturated rings. The first-order valence-electron chi connectivity index (χ1n) is 6.03. The van der Waals surface area contributed by atoms with Gasteiger partial charge in [-0.3, -0.25) is 4.79 Å². The Bertz CT molecular complexity index is 834. The van der Waals surface area contributed by atoms with Gasteiger partial charge in [-0.2, -0.15) is 11.3 Å². The van der Waals surface area contributed by atoms with E-state index in [1.54, 1.807) is 23.5 Å². The number of benzene rings is 1. The van der Waals surface area contributed by atoms with Crippen LogP contribution in [0, 0.1) is 0 Å². The summed E-state index contributed by atoms with van der Waals surface area (Å²) in [5.74, 6) is -1.19. The molecule has 5 heteroatoms. The van der Waals surface area contributed by atoms with E-state index in [0.29, 0.717) is 11.9 Å². The highest BCUT2D eigenvalue weighted by atomic mass is 32.1. The van der Waals surface area contributed by atoms with Crippen molar-refractivity contribution in [1.29, 1.82) is 0 Å². The maximum atomic E-state index is 12.1. The molecular weight excluding hydrogens is 274 g/mol. The van der Waals surface area contributed by atoms with E-state index >= 15 is 0 Å². The number of rotatable bonds is 3. The zero-order valence-corrected chi connectivity index (χ0v) is 11.3. The molecule has 0 unspecified atom stereocenters. The number of thiophene rings is 1. The minimum Gasteiger partial charge on any atom is -0.477 e. The molecule has 0 aliphatic carbocycles. The standard InChI is InChI=1S/C15H11NO3S/c17-14-11-3-1-2-4-13(11)16(8-12(14)15(18)19)7-10-5-6-20-9-10/h1-6,8-9H,7H2,(H,18,19). The fourth-order valence-corrected chi connectivity index (χ4v) is 2.87. The molecule has 0 atom stereocenters. The minimum atomic E-state index is -1.19. The number of para-hydroxylation sites is 1. The molecule has 0 spiro atoms. The smallest absolute Gasteiger partial charge is 0.341 e. The fourth-order valence-electron chi connectivity index (χ4n) is 2.21. The molecular formula is C15H11NO3S. The second-order valence-electron chi connectivity index (χ2n) is 4.45. The van der Waals surface area contributed by atoms with Crippen molar-refractivity contribution in [2.24, 2.45) is 0 Å². The van der Waals surface area contributed by atoms with Gasteiger partial charge >= 0.3 is 5.97 Å². The molecule has 0 bridgehead atoms. The Hall–Kier alpha value is -2.40. The number of nitrogens with zero attached hydrogens (tertiary/aromatic N) is 1. The summed E-state index contributed by atoms with van der Waals surface area (Å²) in [6.07, 6.45) is 1.42. The summed E-state index contributed by atoms with van der Waals surface area (Å²) >= 11 is 1.59. The summed E-state index contributed by atoms with van der Waals surface area (Å²) in [5.41, 5.74) is 1.20. The minimum absolute atomic E-state index is 0.195.